The number of fused-ring (bicyclic) bond motifs is 1. The van der Waals surface area contributed by atoms with Gasteiger partial charge in [-0.3, -0.25) is 4.79 Å². The van der Waals surface area contributed by atoms with Crippen LogP contribution in [-0.2, 0) is 0 Å². The van der Waals surface area contributed by atoms with Gasteiger partial charge in [0.05, 0.1) is 19.8 Å². The van der Waals surface area contributed by atoms with Crippen molar-refractivity contribution in [1.82, 2.24) is 4.90 Å². The summed E-state index contributed by atoms with van der Waals surface area (Å²) in [4.78, 5) is 15.1. The van der Waals surface area contributed by atoms with Crippen LogP contribution in [0.15, 0.2) is 36.4 Å². The average Bonchev–Trinajstić information content (AvgIpc) is 3.22. The maximum atomic E-state index is 13.2. The molecule has 142 valence electrons. The van der Waals surface area contributed by atoms with Crippen LogP contribution in [0.1, 0.15) is 21.3 Å². The summed E-state index contributed by atoms with van der Waals surface area (Å²) in [5.41, 5.74) is 1.56. The molecular formula is C20H21NO5S. The van der Waals surface area contributed by atoms with Crippen LogP contribution in [0.25, 0.3) is 0 Å². The zero-order valence-electron chi connectivity index (χ0n) is 15.3. The van der Waals surface area contributed by atoms with Gasteiger partial charge < -0.3 is 23.8 Å². The van der Waals surface area contributed by atoms with Crippen molar-refractivity contribution in [1.29, 1.82) is 0 Å². The highest BCUT2D eigenvalue weighted by Crippen LogP contribution is 2.43. The second kappa shape index (κ2) is 7.60. The van der Waals surface area contributed by atoms with Crippen molar-refractivity contribution in [2.45, 2.75) is 5.37 Å². The van der Waals surface area contributed by atoms with Crippen LogP contribution in [0, 0.1) is 0 Å². The lowest BCUT2D eigenvalue weighted by Crippen LogP contribution is -2.30. The number of benzene rings is 2. The van der Waals surface area contributed by atoms with E-state index in [1.165, 1.54) is 0 Å². The third-order valence-electron chi connectivity index (χ3n) is 4.64. The topological polar surface area (TPSA) is 57.2 Å². The van der Waals surface area contributed by atoms with Crippen molar-refractivity contribution in [3.05, 3.63) is 47.5 Å². The molecule has 1 saturated heterocycles. The number of carbonyl (C=O) groups excluding carboxylic acids is 1. The van der Waals surface area contributed by atoms with Crippen LogP contribution in [0.2, 0.25) is 0 Å². The second-order valence-electron chi connectivity index (χ2n) is 6.19. The lowest BCUT2D eigenvalue weighted by atomic mass is 10.1. The maximum Gasteiger partial charge on any atom is 0.258 e. The van der Waals surface area contributed by atoms with Crippen molar-refractivity contribution in [2.75, 3.05) is 39.7 Å². The molecule has 0 bridgehead atoms. The third kappa shape index (κ3) is 3.39. The van der Waals surface area contributed by atoms with Gasteiger partial charge in [-0.25, -0.2) is 0 Å². The quantitative estimate of drug-likeness (QED) is 0.802. The first kappa shape index (κ1) is 17.9. The number of hydrogen-bond acceptors (Lipinski definition) is 6. The Bertz CT molecular complexity index is 856. The van der Waals surface area contributed by atoms with Crippen molar-refractivity contribution in [3.8, 4) is 23.0 Å². The molecule has 0 aromatic heterocycles. The van der Waals surface area contributed by atoms with E-state index in [-0.39, 0.29) is 11.3 Å². The van der Waals surface area contributed by atoms with E-state index in [0.29, 0.717) is 36.8 Å². The fraction of sp³-hybridized carbons (Fsp3) is 0.350. The van der Waals surface area contributed by atoms with E-state index in [0.717, 1.165) is 22.8 Å². The van der Waals surface area contributed by atoms with Crippen molar-refractivity contribution < 1.29 is 23.7 Å². The fourth-order valence-corrected chi connectivity index (χ4v) is 4.54. The first-order valence-electron chi connectivity index (χ1n) is 8.75. The molecular weight excluding hydrogens is 366 g/mol. The van der Waals surface area contributed by atoms with E-state index in [9.17, 15) is 4.79 Å². The van der Waals surface area contributed by atoms with Crippen LogP contribution in [0.4, 0.5) is 0 Å². The molecule has 2 heterocycles. The van der Waals surface area contributed by atoms with Crippen LogP contribution in [-0.4, -0.2) is 50.5 Å². The van der Waals surface area contributed by atoms with Gasteiger partial charge in [0.1, 0.15) is 30.1 Å². The lowest BCUT2D eigenvalue weighted by Gasteiger charge is -2.26. The lowest BCUT2D eigenvalue weighted by molar-refractivity contribution is 0.0756. The third-order valence-corrected chi connectivity index (χ3v) is 5.90. The Morgan fingerprint density at radius 1 is 1.07 bits per heavy atom. The predicted octanol–water partition coefficient (Wildman–Crippen LogP) is 3.36. The van der Waals surface area contributed by atoms with Gasteiger partial charge in [0.25, 0.3) is 5.91 Å². The smallest absolute Gasteiger partial charge is 0.258 e. The van der Waals surface area contributed by atoms with Gasteiger partial charge in [0, 0.05) is 18.4 Å². The van der Waals surface area contributed by atoms with E-state index in [2.05, 4.69) is 0 Å². The molecule has 27 heavy (non-hydrogen) atoms. The average molecular weight is 387 g/mol. The Balaban J connectivity index is 1.62. The minimum atomic E-state index is -0.0693. The summed E-state index contributed by atoms with van der Waals surface area (Å²) in [6.07, 6.45) is 0. The zero-order chi connectivity index (χ0) is 18.8. The summed E-state index contributed by atoms with van der Waals surface area (Å²) in [6, 6.07) is 11.2. The molecule has 0 radical (unpaired) electrons. The molecule has 2 aromatic rings. The molecule has 1 fully saturated rings. The van der Waals surface area contributed by atoms with Crippen LogP contribution in [0.3, 0.4) is 0 Å². The van der Waals surface area contributed by atoms with Crippen LogP contribution < -0.4 is 18.9 Å². The predicted molar refractivity (Wildman–Crippen MR) is 103 cm³/mol. The molecule has 2 aromatic carbocycles. The van der Waals surface area contributed by atoms with Gasteiger partial charge in [-0.05, 0) is 29.8 Å². The van der Waals surface area contributed by atoms with Crippen LogP contribution >= 0.6 is 11.8 Å². The fourth-order valence-electron chi connectivity index (χ4n) is 3.30. The molecule has 1 amide bonds. The molecule has 0 spiro atoms. The van der Waals surface area contributed by atoms with Gasteiger partial charge in [-0.1, -0.05) is 6.07 Å². The first-order valence-corrected chi connectivity index (χ1v) is 9.80. The minimum Gasteiger partial charge on any atom is -0.497 e. The molecule has 7 heteroatoms. The molecule has 2 aliphatic heterocycles. The first-order chi connectivity index (χ1) is 13.2. The molecule has 0 N–H and O–H groups in total. The summed E-state index contributed by atoms with van der Waals surface area (Å²) < 4.78 is 21.9. The Labute approximate surface area is 162 Å². The number of rotatable bonds is 4. The SMILES string of the molecule is COc1ccc(C(=O)N2CCSC2c2ccc3c(c2)OCCO3)c(OC)c1. The molecule has 1 unspecified atom stereocenters. The number of methoxy groups -OCH3 is 2. The summed E-state index contributed by atoms with van der Waals surface area (Å²) in [5.74, 6) is 3.48. The van der Waals surface area contributed by atoms with E-state index in [1.807, 2.05) is 23.1 Å². The Kier molecular flexibility index (Phi) is 5.03. The summed E-state index contributed by atoms with van der Waals surface area (Å²) in [5, 5.41) is -0.0693. The molecule has 4 rings (SSSR count). The normalized spacial score (nSPS) is 18.3. The highest BCUT2D eigenvalue weighted by atomic mass is 32.2. The Hall–Kier alpha value is -2.54. The summed E-state index contributed by atoms with van der Waals surface area (Å²) in [7, 11) is 3.15. The summed E-state index contributed by atoms with van der Waals surface area (Å²) >= 11 is 1.74. The summed E-state index contributed by atoms with van der Waals surface area (Å²) in [6.45, 7) is 1.78. The number of nitrogens with zero attached hydrogens (tertiary/aromatic N) is 1. The van der Waals surface area contributed by atoms with E-state index < -0.39 is 0 Å². The highest BCUT2D eigenvalue weighted by molar-refractivity contribution is 7.99. The van der Waals surface area contributed by atoms with Crippen LogP contribution in [0.5, 0.6) is 23.0 Å². The minimum absolute atomic E-state index is 0.0561. The molecule has 2 aliphatic rings. The van der Waals surface area contributed by atoms with Gasteiger partial charge in [0.15, 0.2) is 11.5 Å². The number of thioether (sulfide) groups is 1. The van der Waals surface area contributed by atoms with Crippen molar-refractivity contribution >= 4 is 17.7 Å². The number of hydrogen-bond donors (Lipinski definition) is 0. The zero-order valence-corrected chi connectivity index (χ0v) is 16.1. The van der Waals surface area contributed by atoms with Crippen molar-refractivity contribution in [3.63, 3.8) is 0 Å². The second-order valence-corrected chi connectivity index (χ2v) is 7.38. The Morgan fingerprint density at radius 2 is 1.89 bits per heavy atom. The number of carbonyl (C=O) groups is 1. The number of amides is 1. The van der Waals surface area contributed by atoms with E-state index in [1.54, 1.807) is 44.2 Å². The van der Waals surface area contributed by atoms with Gasteiger partial charge in [0.2, 0.25) is 0 Å². The highest BCUT2D eigenvalue weighted by Gasteiger charge is 2.33. The Morgan fingerprint density at radius 3 is 2.67 bits per heavy atom. The van der Waals surface area contributed by atoms with Gasteiger partial charge >= 0.3 is 0 Å². The van der Waals surface area contributed by atoms with Gasteiger partial charge in [-0.2, -0.15) is 0 Å². The van der Waals surface area contributed by atoms with Gasteiger partial charge in [-0.15, -0.1) is 11.8 Å². The largest absolute Gasteiger partial charge is 0.497 e. The van der Waals surface area contributed by atoms with E-state index >= 15 is 0 Å². The molecule has 1 atom stereocenters. The monoisotopic (exact) mass is 387 g/mol. The number of ether oxygens (including phenoxy) is 4. The molecule has 0 aliphatic carbocycles. The van der Waals surface area contributed by atoms with E-state index in [4.69, 9.17) is 18.9 Å². The van der Waals surface area contributed by atoms with Crippen molar-refractivity contribution in [2.24, 2.45) is 0 Å². The molecule has 0 saturated carbocycles. The maximum absolute atomic E-state index is 13.2. The molecule has 6 nitrogen and oxygen atoms in total. The standard InChI is InChI=1S/C20H21NO5S/c1-23-14-4-5-15(17(12-14)24-2)19(22)21-7-10-27-20(21)13-3-6-16-18(11-13)26-9-8-25-16/h3-6,11-12,20H,7-10H2,1-2H3.